The molecule has 4 atom stereocenters. The van der Waals surface area contributed by atoms with Crippen molar-refractivity contribution in [2.45, 2.75) is 224 Å². The smallest absolute Gasteiger partial charge is 0.249 e. The summed E-state index contributed by atoms with van der Waals surface area (Å²) in [5.41, 5.74) is 0. The maximum atomic E-state index is 12.4. The topological polar surface area (TPSA) is 110 Å². The van der Waals surface area contributed by atoms with E-state index in [9.17, 15) is 25.2 Å². The van der Waals surface area contributed by atoms with Crippen LogP contribution in [0.5, 0.6) is 0 Å². The highest BCUT2D eigenvalue weighted by atomic mass is 16.3. The summed E-state index contributed by atoms with van der Waals surface area (Å²) in [6.45, 7) is 4.03. The van der Waals surface area contributed by atoms with Crippen LogP contribution in [0.25, 0.3) is 0 Å². The molecule has 0 spiro atoms. The van der Waals surface area contributed by atoms with Crippen molar-refractivity contribution < 1.29 is 25.2 Å². The van der Waals surface area contributed by atoms with Gasteiger partial charge in [0.15, 0.2) is 0 Å². The Kier molecular flexibility index (Phi) is 32.2. The minimum atomic E-state index is -1.25. The third-order valence-corrected chi connectivity index (χ3v) is 9.07. The second kappa shape index (κ2) is 32.7. The highest BCUT2D eigenvalue weighted by Crippen LogP contribution is 2.16. The summed E-state index contributed by atoms with van der Waals surface area (Å²) in [4.78, 5) is 12.4. The fourth-order valence-electron chi connectivity index (χ4n) is 5.99. The van der Waals surface area contributed by atoms with Gasteiger partial charge in [-0.05, 0) is 12.8 Å². The third-order valence-electron chi connectivity index (χ3n) is 9.07. The van der Waals surface area contributed by atoms with Crippen LogP contribution >= 0.6 is 0 Å². The molecule has 0 rings (SSSR count). The van der Waals surface area contributed by atoms with Gasteiger partial charge in [-0.3, -0.25) is 4.79 Å². The van der Waals surface area contributed by atoms with E-state index in [1.165, 1.54) is 135 Å². The molecule has 1 amide bonds. The largest absolute Gasteiger partial charge is 0.394 e. The predicted octanol–water partition coefficient (Wildman–Crippen LogP) is 8.90. The van der Waals surface area contributed by atoms with E-state index in [0.717, 1.165) is 38.5 Å². The Morgan fingerprint density at radius 1 is 0.488 bits per heavy atom. The van der Waals surface area contributed by atoms with E-state index >= 15 is 0 Å². The number of amides is 1. The van der Waals surface area contributed by atoms with Crippen molar-refractivity contribution >= 4 is 5.91 Å². The molecular formula is C37H75NO5. The predicted molar refractivity (Wildman–Crippen MR) is 182 cm³/mol. The van der Waals surface area contributed by atoms with Crippen LogP contribution in [0.15, 0.2) is 0 Å². The number of hydrogen-bond donors (Lipinski definition) is 5. The summed E-state index contributed by atoms with van der Waals surface area (Å²) in [6, 6.07) is -0.976. The zero-order chi connectivity index (χ0) is 31.8. The van der Waals surface area contributed by atoms with Crippen LogP contribution in [-0.4, -0.2) is 57.3 Å². The van der Waals surface area contributed by atoms with Crippen LogP contribution in [0.3, 0.4) is 0 Å². The molecule has 0 aromatic carbocycles. The minimum Gasteiger partial charge on any atom is -0.394 e. The molecule has 4 unspecified atom stereocenters. The number of carbonyl (C=O) groups is 1. The lowest BCUT2D eigenvalue weighted by atomic mass is 9.99. The van der Waals surface area contributed by atoms with Gasteiger partial charge in [-0.25, -0.2) is 0 Å². The Morgan fingerprint density at radius 2 is 0.791 bits per heavy atom. The number of aliphatic hydroxyl groups excluding tert-OH is 4. The zero-order valence-electron chi connectivity index (χ0n) is 28.7. The molecule has 0 aliphatic heterocycles. The lowest BCUT2D eigenvalue weighted by Crippen LogP contribution is -2.53. The maximum Gasteiger partial charge on any atom is 0.249 e. The Morgan fingerprint density at radius 3 is 1.12 bits per heavy atom. The number of unbranched alkanes of at least 4 members (excludes halogenated alkanes) is 25. The standard InChI is InChI=1S/C37H75NO5/c1-3-5-7-9-11-13-15-16-17-18-19-21-22-24-26-28-30-34(40)36(42)33(32-39)38-37(43)35(41)31-29-27-25-23-20-14-12-10-8-6-4-2/h33-36,39-42H,3-32H2,1-2H3,(H,38,43). The number of nitrogens with one attached hydrogen (secondary N) is 1. The first kappa shape index (κ1) is 42.3. The summed E-state index contributed by atoms with van der Waals surface area (Å²) >= 11 is 0. The van der Waals surface area contributed by atoms with Crippen molar-refractivity contribution in [1.82, 2.24) is 5.32 Å². The van der Waals surface area contributed by atoms with E-state index in [0.29, 0.717) is 12.8 Å². The van der Waals surface area contributed by atoms with Gasteiger partial charge in [0, 0.05) is 0 Å². The fraction of sp³-hybridized carbons (Fsp3) is 0.973. The van der Waals surface area contributed by atoms with Gasteiger partial charge in [0.25, 0.3) is 0 Å². The van der Waals surface area contributed by atoms with E-state index < -0.39 is 36.9 Å². The first-order valence-corrected chi connectivity index (χ1v) is 18.9. The Hall–Kier alpha value is -0.690. The summed E-state index contributed by atoms with van der Waals surface area (Å²) in [5, 5.41) is 43.4. The van der Waals surface area contributed by atoms with Gasteiger partial charge < -0.3 is 25.7 Å². The summed E-state index contributed by atoms with van der Waals surface area (Å²) in [7, 11) is 0. The van der Waals surface area contributed by atoms with Crippen molar-refractivity contribution in [3.63, 3.8) is 0 Å². The van der Waals surface area contributed by atoms with Crippen LogP contribution in [-0.2, 0) is 4.79 Å². The van der Waals surface area contributed by atoms with Gasteiger partial charge in [0.2, 0.25) is 5.91 Å². The quantitative estimate of drug-likeness (QED) is 0.0466. The van der Waals surface area contributed by atoms with Crippen LogP contribution in [0.1, 0.15) is 200 Å². The van der Waals surface area contributed by atoms with Crippen molar-refractivity contribution in [2.75, 3.05) is 6.61 Å². The number of carbonyl (C=O) groups excluding carboxylic acids is 1. The van der Waals surface area contributed by atoms with Gasteiger partial charge in [-0.2, -0.15) is 0 Å². The van der Waals surface area contributed by atoms with E-state index in [4.69, 9.17) is 0 Å². The molecule has 258 valence electrons. The van der Waals surface area contributed by atoms with Crippen LogP contribution in [0.2, 0.25) is 0 Å². The first-order chi connectivity index (χ1) is 21.0. The maximum absolute atomic E-state index is 12.4. The van der Waals surface area contributed by atoms with Crippen LogP contribution in [0.4, 0.5) is 0 Å². The number of hydrogen-bond acceptors (Lipinski definition) is 5. The number of rotatable bonds is 34. The molecule has 0 radical (unpaired) electrons. The van der Waals surface area contributed by atoms with Crippen LogP contribution in [0, 0.1) is 0 Å². The van der Waals surface area contributed by atoms with Crippen molar-refractivity contribution in [3.05, 3.63) is 0 Å². The SMILES string of the molecule is CCCCCCCCCCCCCCCCCCC(O)C(O)C(CO)NC(=O)C(O)CCCCCCCCCCCCC. The molecule has 0 bridgehead atoms. The van der Waals surface area contributed by atoms with Gasteiger partial charge in [-0.1, -0.05) is 187 Å². The van der Waals surface area contributed by atoms with Gasteiger partial charge in [0.1, 0.15) is 12.2 Å². The molecule has 0 aliphatic carbocycles. The Balaban J connectivity index is 3.77. The van der Waals surface area contributed by atoms with Crippen molar-refractivity contribution in [3.8, 4) is 0 Å². The summed E-state index contributed by atoms with van der Waals surface area (Å²) in [5.74, 6) is -0.584. The van der Waals surface area contributed by atoms with Gasteiger partial charge in [-0.15, -0.1) is 0 Å². The highest BCUT2D eigenvalue weighted by molar-refractivity contribution is 5.80. The number of aliphatic hydroxyl groups is 4. The molecule has 0 saturated carbocycles. The molecule has 0 aromatic rings. The van der Waals surface area contributed by atoms with E-state index in [2.05, 4.69) is 19.2 Å². The average Bonchev–Trinajstić information content (AvgIpc) is 3.01. The molecule has 0 saturated heterocycles. The monoisotopic (exact) mass is 614 g/mol. The second-order valence-electron chi connectivity index (χ2n) is 13.3. The normalized spacial score (nSPS) is 14.5. The molecule has 6 heteroatoms. The molecule has 43 heavy (non-hydrogen) atoms. The Bertz CT molecular complexity index is 575. The van der Waals surface area contributed by atoms with Gasteiger partial charge >= 0.3 is 0 Å². The lowest BCUT2D eigenvalue weighted by molar-refractivity contribution is -0.132. The molecule has 6 nitrogen and oxygen atoms in total. The van der Waals surface area contributed by atoms with Crippen molar-refractivity contribution in [2.24, 2.45) is 0 Å². The first-order valence-electron chi connectivity index (χ1n) is 18.9. The molecule has 5 N–H and O–H groups in total. The van der Waals surface area contributed by atoms with Crippen LogP contribution < -0.4 is 5.32 Å². The highest BCUT2D eigenvalue weighted by Gasteiger charge is 2.28. The summed E-state index contributed by atoms with van der Waals surface area (Å²) < 4.78 is 0. The van der Waals surface area contributed by atoms with E-state index in [1.807, 2.05) is 0 Å². The lowest BCUT2D eigenvalue weighted by Gasteiger charge is -2.27. The van der Waals surface area contributed by atoms with Crippen molar-refractivity contribution in [1.29, 1.82) is 0 Å². The fourth-order valence-corrected chi connectivity index (χ4v) is 5.99. The molecule has 0 aliphatic rings. The molecule has 0 aromatic heterocycles. The minimum absolute atomic E-state index is 0.374. The Labute approximate surface area is 267 Å². The molecule has 0 fully saturated rings. The molecule has 0 heterocycles. The van der Waals surface area contributed by atoms with E-state index in [1.54, 1.807) is 0 Å². The van der Waals surface area contributed by atoms with Gasteiger partial charge in [0.05, 0.1) is 18.8 Å². The third kappa shape index (κ3) is 27.4. The van der Waals surface area contributed by atoms with E-state index in [-0.39, 0.29) is 0 Å². The average molecular weight is 614 g/mol. The molecular weight excluding hydrogens is 538 g/mol. The summed E-state index contributed by atoms with van der Waals surface area (Å²) in [6.07, 6.45) is 31.2. The second-order valence-corrected chi connectivity index (χ2v) is 13.3. The zero-order valence-corrected chi connectivity index (χ0v) is 28.7.